The van der Waals surface area contributed by atoms with E-state index in [-0.39, 0.29) is 25.8 Å². The van der Waals surface area contributed by atoms with Gasteiger partial charge in [-0.1, -0.05) is 123 Å². The van der Waals surface area contributed by atoms with Gasteiger partial charge in [-0.25, -0.2) is 14.4 Å². The molecule has 0 aromatic heterocycles. The number of carboxylic acids is 3. The molecule has 0 fully saturated rings. The summed E-state index contributed by atoms with van der Waals surface area (Å²) >= 11 is 0. The molecule has 7 nitrogen and oxygen atoms in total. The van der Waals surface area contributed by atoms with Gasteiger partial charge in [-0.3, -0.25) is 4.48 Å². The van der Waals surface area contributed by atoms with E-state index in [0.717, 1.165) is 19.3 Å². The Kier molecular flexibility index (Phi) is 24.4. The van der Waals surface area contributed by atoms with Crippen LogP contribution in [0.5, 0.6) is 0 Å². The van der Waals surface area contributed by atoms with Gasteiger partial charge in [0, 0.05) is 19.3 Å². The van der Waals surface area contributed by atoms with Crippen molar-refractivity contribution in [2.75, 3.05) is 6.54 Å². The predicted octanol–water partition coefficient (Wildman–Crippen LogP) is 9.38. The average molecular weight is 597 g/mol. The van der Waals surface area contributed by atoms with Gasteiger partial charge in [0.05, 0.1) is 6.54 Å². The highest BCUT2D eigenvalue weighted by Gasteiger charge is 2.55. The van der Waals surface area contributed by atoms with Gasteiger partial charge in [0.2, 0.25) is 0 Å². The first-order valence-corrected chi connectivity index (χ1v) is 17.4. The molecule has 3 N–H and O–H groups in total. The van der Waals surface area contributed by atoms with E-state index in [2.05, 4.69) is 19.1 Å². The summed E-state index contributed by atoms with van der Waals surface area (Å²) in [6.07, 6.45) is 28.4. The third kappa shape index (κ3) is 15.5. The van der Waals surface area contributed by atoms with E-state index >= 15 is 0 Å². The smallest absolute Gasteiger partial charge is 0.362 e. The van der Waals surface area contributed by atoms with Crippen LogP contribution in [0.15, 0.2) is 12.2 Å². The number of hydrogen-bond donors (Lipinski definition) is 3. The van der Waals surface area contributed by atoms with Crippen molar-refractivity contribution in [3.63, 3.8) is 0 Å². The zero-order valence-corrected chi connectivity index (χ0v) is 27.7. The van der Waals surface area contributed by atoms with Gasteiger partial charge in [-0.2, -0.15) is 0 Å². The molecule has 0 aliphatic rings. The van der Waals surface area contributed by atoms with Crippen LogP contribution in [0, 0.1) is 0 Å². The second-order valence-corrected chi connectivity index (χ2v) is 12.2. The SMILES string of the molecule is CCCCCCCCCC/C=C/CCCCCCCCCCC[N+](C(CC)C(=O)O)(C(CC)C(=O)O)C(CC)C(=O)O. The number of rotatable bonds is 30. The summed E-state index contributed by atoms with van der Waals surface area (Å²) in [5, 5.41) is 30.1. The monoisotopic (exact) mass is 596 g/mol. The van der Waals surface area contributed by atoms with Crippen LogP contribution in [0.1, 0.15) is 169 Å². The van der Waals surface area contributed by atoms with Crippen LogP contribution in [-0.2, 0) is 14.4 Å². The van der Waals surface area contributed by atoms with Crippen molar-refractivity contribution in [1.82, 2.24) is 0 Å². The summed E-state index contributed by atoms with van der Waals surface area (Å²) in [5.41, 5.74) is 0. The van der Waals surface area contributed by atoms with Gasteiger partial charge in [-0.05, 0) is 38.5 Å². The highest BCUT2D eigenvalue weighted by molar-refractivity contribution is 5.78. The van der Waals surface area contributed by atoms with Crippen molar-refractivity contribution in [2.24, 2.45) is 0 Å². The Morgan fingerprint density at radius 1 is 0.476 bits per heavy atom. The Morgan fingerprint density at radius 3 is 1.05 bits per heavy atom. The average Bonchev–Trinajstić information content (AvgIpc) is 2.94. The fraction of sp³-hybridized carbons (Fsp3) is 0.857. The van der Waals surface area contributed by atoms with E-state index in [0.29, 0.717) is 6.42 Å². The van der Waals surface area contributed by atoms with Crippen molar-refractivity contribution in [3.05, 3.63) is 12.2 Å². The maximum absolute atomic E-state index is 12.3. The van der Waals surface area contributed by atoms with Crippen LogP contribution in [0.25, 0.3) is 0 Å². The molecule has 3 unspecified atom stereocenters. The Bertz CT molecular complexity index is 682. The molecule has 0 saturated carbocycles. The Morgan fingerprint density at radius 2 is 0.762 bits per heavy atom. The molecule has 0 saturated heterocycles. The molecule has 0 bridgehead atoms. The lowest BCUT2D eigenvalue weighted by Crippen LogP contribution is -2.72. The van der Waals surface area contributed by atoms with Crippen molar-refractivity contribution >= 4 is 17.9 Å². The summed E-state index contributed by atoms with van der Waals surface area (Å²) in [6.45, 7) is 7.66. The van der Waals surface area contributed by atoms with Gasteiger partial charge in [0.1, 0.15) is 0 Å². The molecule has 42 heavy (non-hydrogen) atoms. The fourth-order valence-corrected chi connectivity index (χ4v) is 6.80. The minimum absolute atomic E-state index is 0.192. The van der Waals surface area contributed by atoms with Gasteiger partial charge >= 0.3 is 17.9 Å². The summed E-state index contributed by atoms with van der Waals surface area (Å²) in [5.74, 6) is -3.34. The lowest BCUT2D eigenvalue weighted by atomic mass is 9.93. The van der Waals surface area contributed by atoms with Crippen LogP contribution in [0.2, 0.25) is 0 Å². The van der Waals surface area contributed by atoms with Crippen LogP contribution < -0.4 is 0 Å². The van der Waals surface area contributed by atoms with Crippen molar-refractivity contribution in [1.29, 1.82) is 0 Å². The van der Waals surface area contributed by atoms with E-state index in [1.54, 1.807) is 20.8 Å². The molecule has 0 aliphatic carbocycles. The molecule has 7 heteroatoms. The molecule has 0 aromatic rings. The minimum atomic E-state index is -1.11. The minimum Gasteiger partial charge on any atom is -0.477 e. The summed E-state index contributed by atoms with van der Waals surface area (Å²) in [7, 11) is 0. The van der Waals surface area contributed by atoms with Crippen molar-refractivity contribution in [3.8, 4) is 0 Å². The molecule has 0 radical (unpaired) electrons. The molecule has 0 aromatic carbocycles. The van der Waals surface area contributed by atoms with Crippen LogP contribution in [-0.4, -0.2) is 62.4 Å². The molecule has 0 aliphatic heterocycles. The maximum atomic E-state index is 12.3. The topological polar surface area (TPSA) is 112 Å². The highest BCUT2D eigenvalue weighted by Crippen LogP contribution is 2.32. The third-order valence-electron chi connectivity index (χ3n) is 9.06. The number of aliphatic carboxylic acids is 3. The van der Waals surface area contributed by atoms with Crippen molar-refractivity contribution < 1.29 is 34.2 Å². The Balaban J connectivity index is 4.38. The summed E-state index contributed by atoms with van der Waals surface area (Å²) < 4.78 is -0.406. The number of carbonyl (C=O) groups is 3. The van der Waals surface area contributed by atoms with Crippen LogP contribution in [0.4, 0.5) is 0 Å². The molecule has 0 spiro atoms. The largest absolute Gasteiger partial charge is 0.477 e. The highest BCUT2D eigenvalue weighted by atomic mass is 16.4. The molecule has 3 atom stereocenters. The molecule has 0 rings (SSSR count). The molecular weight excluding hydrogens is 530 g/mol. The Hall–Kier alpha value is -1.89. The van der Waals surface area contributed by atoms with Gasteiger partial charge < -0.3 is 15.3 Å². The van der Waals surface area contributed by atoms with Crippen LogP contribution in [0.3, 0.4) is 0 Å². The van der Waals surface area contributed by atoms with E-state index in [1.165, 1.54) is 96.3 Å². The first kappa shape index (κ1) is 40.1. The second kappa shape index (κ2) is 25.6. The van der Waals surface area contributed by atoms with Crippen LogP contribution >= 0.6 is 0 Å². The van der Waals surface area contributed by atoms with E-state index in [9.17, 15) is 29.7 Å². The van der Waals surface area contributed by atoms with E-state index in [4.69, 9.17) is 0 Å². The standard InChI is InChI=1S/C35H65NO6/c1-5-9-10-11-12-13-14-15-16-17-18-19-20-21-22-23-24-25-26-27-28-29-36(30(6-2)33(37)38,31(7-3)34(39)40)32(8-4)35(41)42/h17-18,30-32H,5-16,19-29H2,1-4H3,(H2-,37,38,39,40,41,42)/p+1/b18-17+. The first-order chi connectivity index (χ1) is 20.2. The maximum Gasteiger partial charge on any atom is 0.362 e. The number of hydrogen-bond acceptors (Lipinski definition) is 3. The number of quaternary nitrogens is 1. The molecule has 0 amide bonds. The molecular formula is C35H66NO6+. The zero-order valence-electron chi connectivity index (χ0n) is 27.7. The number of nitrogens with zero attached hydrogens (tertiary/aromatic N) is 1. The molecule has 246 valence electrons. The number of unbranched alkanes of at least 4 members (excludes halogenated alkanes) is 17. The first-order valence-electron chi connectivity index (χ1n) is 17.4. The quantitative estimate of drug-likeness (QED) is 0.0433. The summed E-state index contributed by atoms with van der Waals surface area (Å²) in [6, 6.07) is -3.19. The predicted molar refractivity (Wildman–Crippen MR) is 173 cm³/mol. The van der Waals surface area contributed by atoms with Crippen molar-refractivity contribution in [2.45, 2.75) is 187 Å². The second-order valence-electron chi connectivity index (χ2n) is 12.2. The lowest BCUT2D eigenvalue weighted by Gasteiger charge is -2.49. The summed E-state index contributed by atoms with van der Waals surface area (Å²) in [4.78, 5) is 36.8. The number of carboxylic acid groups (broad SMARTS) is 3. The Labute approximate surface area is 257 Å². The van der Waals surface area contributed by atoms with Gasteiger partial charge in [-0.15, -0.1) is 0 Å². The zero-order chi connectivity index (χ0) is 31.6. The van der Waals surface area contributed by atoms with E-state index < -0.39 is 40.5 Å². The normalized spacial score (nSPS) is 15.3. The van der Waals surface area contributed by atoms with Gasteiger partial charge in [0.25, 0.3) is 0 Å². The lowest BCUT2D eigenvalue weighted by molar-refractivity contribution is -0.973. The third-order valence-corrected chi connectivity index (χ3v) is 9.06. The fourth-order valence-electron chi connectivity index (χ4n) is 6.80. The molecule has 0 heterocycles. The van der Waals surface area contributed by atoms with Gasteiger partial charge in [0.15, 0.2) is 18.1 Å². The van der Waals surface area contributed by atoms with E-state index in [1.807, 2.05) is 0 Å². The number of allylic oxidation sites excluding steroid dienone is 2.